The van der Waals surface area contributed by atoms with Crippen molar-refractivity contribution in [1.82, 2.24) is 4.98 Å². The van der Waals surface area contributed by atoms with Gasteiger partial charge in [-0.25, -0.2) is 4.98 Å². The quantitative estimate of drug-likeness (QED) is 0.929. The fraction of sp³-hybridized carbons (Fsp3) is 0.750. The molecule has 6 heteroatoms. The number of amides is 1. The van der Waals surface area contributed by atoms with Crippen LogP contribution in [0.3, 0.4) is 0 Å². The maximum absolute atomic E-state index is 12.5. The molecule has 3 fully saturated rings. The van der Waals surface area contributed by atoms with Crippen molar-refractivity contribution >= 4 is 22.4 Å². The summed E-state index contributed by atoms with van der Waals surface area (Å²) >= 11 is 1.54. The van der Waals surface area contributed by atoms with Gasteiger partial charge in [-0.05, 0) is 38.5 Å². The van der Waals surface area contributed by atoms with Gasteiger partial charge in [-0.3, -0.25) is 4.79 Å². The lowest BCUT2D eigenvalue weighted by Gasteiger charge is -2.27. The summed E-state index contributed by atoms with van der Waals surface area (Å²) in [5.41, 5.74) is 1.11. The molecule has 4 heterocycles. The molecule has 22 heavy (non-hydrogen) atoms. The molecular formula is C16H22N2O3S. The zero-order valence-corrected chi connectivity index (χ0v) is 13.4. The first kappa shape index (κ1) is 14.6. The second-order valence-electron chi connectivity index (χ2n) is 6.58. The fourth-order valence-corrected chi connectivity index (χ4v) is 4.60. The summed E-state index contributed by atoms with van der Waals surface area (Å²) in [7, 11) is 0. The van der Waals surface area contributed by atoms with E-state index in [2.05, 4.69) is 15.7 Å². The maximum Gasteiger partial charge on any atom is 0.229 e. The number of carbonyl (C=O) groups is 1. The van der Waals surface area contributed by atoms with Crippen LogP contribution < -0.4 is 5.32 Å². The van der Waals surface area contributed by atoms with Crippen molar-refractivity contribution in [2.45, 2.75) is 56.7 Å². The molecule has 120 valence electrons. The normalized spacial score (nSPS) is 32.1. The Labute approximate surface area is 134 Å². The largest absolute Gasteiger partial charge is 0.381 e. The van der Waals surface area contributed by atoms with Crippen molar-refractivity contribution < 1.29 is 14.3 Å². The highest BCUT2D eigenvalue weighted by molar-refractivity contribution is 7.13. The van der Waals surface area contributed by atoms with Crippen molar-refractivity contribution in [2.24, 2.45) is 5.92 Å². The van der Waals surface area contributed by atoms with Crippen LogP contribution in [0, 0.1) is 5.92 Å². The number of nitrogens with zero attached hydrogens (tertiary/aromatic N) is 1. The molecule has 3 aliphatic heterocycles. The topological polar surface area (TPSA) is 60.5 Å². The number of aromatic nitrogens is 1. The number of ether oxygens (including phenoxy) is 2. The Hall–Kier alpha value is -0.980. The zero-order valence-electron chi connectivity index (χ0n) is 12.6. The number of hydrogen-bond donors (Lipinski definition) is 1. The highest BCUT2D eigenvalue weighted by Crippen LogP contribution is 2.36. The first-order valence-corrected chi connectivity index (χ1v) is 9.15. The van der Waals surface area contributed by atoms with Gasteiger partial charge in [0, 0.05) is 30.4 Å². The molecule has 1 aromatic rings. The summed E-state index contributed by atoms with van der Waals surface area (Å²) in [6.45, 7) is 1.63. The molecule has 5 nitrogen and oxygen atoms in total. The van der Waals surface area contributed by atoms with E-state index in [1.165, 1.54) is 11.3 Å². The first-order chi connectivity index (χ1) is 10.8. The van der Waals surface area contributed by atoms with Crippen LogP contribution in [0.2, 0.25) is 0 Å². The highest BCUT2D eigenvalue weighted by Gasteiger charge is 2.38. The van der Waals surface area contributed by atoms with Crippen molar-refractivity contribution in [3.8, 4) is 0 Å². The minimum absolute atomic E-state index is 0.0849. The Balaban J connectivity index is 1.36. The van der Waals surface area contributed by atoms with Crippen molar-refractivity contribution in [3.05, 3.63) is 11.1 Å². The van der Waals surface area contributed by atoms with Gasteiger partial charge < -0.3 is 14.8 Å². The van der Waals surface area contributed by atoms with Gasteiger partial charge in [0.15, 0.2) is 5.13 Å². The van der Waals surface area contributed by atoms with E-state index in [9.17, 15) is 4.79 Å². The molecule has 0 aromatic carbocycles. The van der Waals surface area contributed by atoms with Crippen LogP contribution in [0.4, 0.5) is 5.13 Å². The van der Waals surface area contributed by atoms with Crippen molar-refractivity contribution in [2.75, 3.05) is 18.5 Å². The number of carbonyl (C=O) groups excluding carboxylic acids is 1. The summed E-state index contributed by atoms with van der Waals surface area (Å²) in [4.78, 5) is 17.1. The third kappa shape index (κ3) is 3.05. The number of rotatable bonds is 3. The Morgan fingerprint density at radius 3 is 2.64 bits per heavy atom. The van der Waals surface area contributed by atoms with E-state index >= 15 is 0 Å². The van der Waals surface area contributed by atoms with Crippen LogP contribution in [0.15, 0.2) is 5.38 Å². The minimum Gasteiger partial charge on any atom is -0.381 e. The lowest BCUT2D eigenvalue weighted by molar-refractivity contribution is -0.125. The number of fused-ring (bicyclic) bond motifs is 2. The van der Waals surface area contributed by atoms with Gasteiger partial charge in [-0.2, -0.15) is 0 Å². The lowest BCUT2D eigenvalue weighted by atomic mass is 9.95. The third-order valence-corrected chi connectivity index (χ3v) is 5.83. The Morgan fingerprint density at radius 2 is 1.91 bits per heavy atom. The van der Waals surface area contributed by atoms with E-state index in [-0.39, 0.29) is 11.8 Å². The number of thiazole rings is 1. The zero-order chi connectivity index (χ0) is 14.9. The molecule has 0 spiro atoms. The van der Waals surface area contributed by atoms with E-state index in [1.807, 2.05) is 0 Å². The van der Waals surface area contributed by atoms with Crippen LogP contribution in [0.25, 0.3) is 0 Å². The predicted octanol–water partition coefficient (Wildman–Crippen LogP) is 2.93. The fourth-order valence-electron chi connectivity index (χ4n) is 3.80. The average Bonchev–Trinajstić information content (AvgIpc) is 3.14. The molecule has 3 atom stereocenters. The number of nitrogens with one attached hydrogen (secondary N) is 1. The first-order valence-electron chi connectivity index (χ1n) is 8.27. The number of hydrogen-bond acceptors (Lipinski definition) is 5. The summed E-state index contributed by atoms with van der Waals surface area (Å²) in [6.07, 6.45) is 6.59. The molecule has 2 bridgehead atoms. The minimum atomic E-state index is 0.0849. The van der Waals surface area contributed by atoms with E-state index in [0.29, 0.717) is 18.1 Å². The van der Waals surface area contributed by atoms with Crippen molar-refractivity contribution in [3.63, 3.8) is 0 Å². The van der Waals surface area contributed by atoms with Crippen LogP contribution >= 0.6 is 11.3 Å². The SMILES string of the molecule is O=C(Nc1nc(C2CCOCC2)cs1)C1C[C@H]2CC[C@@H](C1)O2. The highest BCUT2D eigenvalue weighted by atomic mass is 32.1. The molecule has 4 rings (SSSR count). The molecule has 0 aliphatic carbocycles. The molecular weight excluding hydrogens is 300 g/mol. The maximum atomic E-state index is 12.5. The summed E-state index contributed by atoms with van der Waals surface area (Å²) in [5.74, 6) is 0.685. The average molecular weight is 322 g/mol. The Kier molecular flexibility index (Phi) is 4.15. The standard InChI is InChI=1S/C16H22N2O3S/c19-15(11-7-12-1-2-13(8-11)21-12)18-16-17-14(9-22-16)10-3-5-20-6-4-10/h9-13H,1-8H2,(H,17,18,19)/t11?,12-,13+. The van der Waals surface area contributed by atoms with E-state index in [4.69, 9.17) is 9.47 Å². The van der Waals surface area contributed by atoms with Gasteiger partial charge in [-0.15, -0.1) is 11.3 Å². The molecule has 1 aromatic heterocycles. The van der Waals surface area contributed by atoms with Crippen LogP contribution in [-0.2, 0) is 14.3 Å². The van der Waals surface area contributed by atoms with E-state index in [0.717, 1.165) is 62.6 Å². The molecule has 1 amide bonds. The van der Waals surface area contributed by atoms with Gasteiger partial charge in [-0.1, -0.05) is 0 Å². The second-order valence-corrected chi connectivity index (χ2v) is 7.44. The summed E-state index contributed by atoms with van der Waals surface area (Å²) < 4.78 is 11.2. The second kappa shape index (κ2) is 6.26. The molecule has 0 radical (unpaired) electrons. The number of anilines is 1. The molecule has 3 aliphatic rings. The van der Waals surface area contributed by atoms with Crippen LogP contribution in [-0.4, -0.2) is 36.3 Å². The van der Waals surface area contributed by atoms with Gasteiger partial charge in [0.25, 0.3) is 0 Å². The smallest absolute Gasteiger partial charge is 0.229 e. The molecule has 3 saturated heterocycles. The molecule has 0 saturated carbocycles. The van der Waals surface area contributed by atoms with Crippen LogP contribution in [0.1, 0.15) is 50.1 Å². The summed E-state index contributed by atoms with van der Waals surface area (Å²) in [6, 6.07) is 0. The van der Waals surface area contributed by atoms with Crippen LogP contribution in [0.5, 0.6) is 0 Å². The van der Waals surface area contributed by atoms with Crippen molar-refractivity contribution in [1.29, 1.82) is 0 Å². The summed E-state index contributed by atoms with van der Waals surface area (Å²) in [5, 5.41) is 5.85. The predicted molar refractivity (Wildman–Crippen MR) is 84.2 cm³/mol. The monoisotopic (exact) mass is 322 g/mol. The van der Waals surface area contributed by atoms with Gasteiger partial charge in [0.05, 0.1) is 17.9 Å². The van der Waals surface area contributed by atoms with Gasteiger partial charge in [0.1, 0.15) is 0 Å². The van der Waals surface area contributed by atoms with Gasteiger partial charge in [0.2, 0.25) is 5.91 Å². The third-order valence-electron chi connectivity index (χ3n) is 5.05. The van der Waals surface area contributed by atoms with Gasteiger partial charge >= 0.3 is 0 Å². The molecule has 1 unspecified atom stereocenters. The lowest BCUT2D eigenvalue weighted by Crippen LogP contribution is -2.33. The Bertz CT molecular complexity index is 529. The Morgan fingerprint density at radius 1 is 1.18 bits per heavy atom. The van der Waals surface area contributed by atoms with E-state index < -0.39 is 0 Å². The van der Waals surface area contributed by atoms with E-state index in [1.54, 1.807) is 0 Å². The molecule has 1 N–H and O–H groups in total.